The number of nitrogens with zero attached hydrogens (tertiary/aromatic N) is 1. The van der Waals surface area contributed by atoms with Crippen LogP contribution in [0.15, 0.2) is 29.7 Å². The first-order valence-electron chi connectivity index (χ1n) is 5.73. The molecule has 1 aliphatic rings. The van der Waals surface area contributed by atoms with Crippen LogP contribution in [0.1, 0.15) is 0 Å². The first-order valence-corrected chi connectivity index (χ1v) is 7.85. The Balaban J connectivity index is 2.05. The number of thiocarbonyl (C=S) groups is 1. The largest absolute Gasteiger partial charge is 0.506 e. The van der Waals surface area contributed by atoms with Crippen LogP contribution in [0.3, 0.4) is 0 Å². The number of phenolic OH excluding ortho intramolecular Hbond substituents is 1. The first kappa shape index (κ1) is 15.2. The lowest BCUT2D eigenvalue weighted by Gasteiger charge is -2.14. The molecule has 0 spiro atoms. The fraction of sp³-hybridized carbons (Fsp3) is 0.182. The second-order valence-corrected chi connectivity index (χ2v) is 6.66. The number of benzene rings is 1. The maximum Gasteiger partial charge on any atom is 0.271 e. The molecule has 10 heteroatoms. The Morgan fingerprint density at radius 1 is 1.48 bits per heavy atom. The summed E-state index contributed by atoms with van der Waals surface area (Å²) in [5.41, 5.74) is -0.145. The van der Waals surface area contributed by atoms with Gasteiger partial charge in [-0.3, -0.25) is 10.1 Å². The van der Waals surface area contributed by atoms with Crippen molar-refractivity contribution in [1.29, 1.82) is 0 Å². The van der Waals surface area contributed by atoms with Gasteiger partial charge in [-0.05, 0) is 24.4 Å². The lowest BCUT2D eigenvalue weighted by atomic mass is 10.2. The number of phenols is 1. The minimum Gasteiger partial charge on any atom is -0.506 e. The molecule has 1 aromatic carbocycles. The molecule has 0 aromatic heterocycles. The molecule has 0 aliphatic carbocycles. The normalized spacial score (nSPS) is 19.1. The summed E-state index contributed by atoms with van der Waals surface area (Å²) in [4.78, 5) is 10.1. The van der Waals surface area contributed by atoms with Gasteiger partial charge in [-0.15, -0.1) is 0 Å². The molecule has 1 unspecified atom stereocenters. The van der Waals surface area contributed by atoms with Crippen LogP contribution < -0.4 is 10.6 Å². The number of non-ortho nitro benzene ring substituents is 1. The van der Waals surface area contributed by atoms with Gasteiger partial charge in [0.1, 0.15) is 5.75 Å². The maximum atomic E-state index is 11.2. The molecule has 0 fully saturated rings. The molecular formula is C11H11N3O5S2. The highest BCUT2D eigenvalue weighted by Crippen LogP contribution is 2.27. The molecule has 0 bridgehead atoms. The topological polar surface area (TPSA) is 122 Å². The average molecular weight is 329 g/mol. The Kier molecular flexibility index (Phi) is 4.09. The lowest BCUT2D eigenvalue weighted by molar-refractivity contribution is -0.384. The van der Waals surface area contributed by atoms with Crippen LogP contribution in [0.5, 0.6) is 5.75 Å². The highest BCUT2D eigenvalue weighted by molar-refractivity contribution is 7.94. The minimum absolute atomic E-state index is 0.0533. The number of nitro groups is 1. The van der Waals surface area contributed by atoms with Gasteiger partial charge < -0.3 is 15.7 Å². The van der Waals surface area contributed by atoms with E-state index >= 15 is 0 Å². The molecule has 8 nitrogen and oxygen atoms in total. The van der Waals surface area contributed by atoms with Crippen molar-refractivity contribution in [2.45, 2.75) is 6.04 Å². The minimum atomic E-state index is -3.21. The van der Waals surface area contributed by atoms with E-state index in [2.05, 4.69) is 10.6 Å². The van der Waals surface area contributed by atoms with Crippen LogP contribution >= 0.6 is 12.2 Å². The first-order chi connectivity index (χ1) is 9.77. The van der Waals surface area contributed by atoms with E-state index in [1.165, 1.54) is 12.1 Å². The SMILES string of the molecule is O=[N+]([O-])c1ccc(O)c(NC(=S)NC2C=CS(=O)(=O)C2)c1. The zero-order chi connectivity index (χ0) is 15.6. The molecule has 2 rings (SSSR count). The highest BCUT2D eigenvalue weighted by atomic mass is 32.2. The second kappa shape index (κ2) is 5.66. The third kappa shape index (κ3) is 3.89. The van der Waals surface area contributed by atoms with Gasteiger partial charge >= 0.3 is 0 Å². The van der Waals surface area contributed by atoms with Crippen molar-refractivity contribution in [2.75, 3.05) is 11.1 Å². The van der Waals surface area contributed by atoms with Gasteiger partial charge in [0.15, 0.2) is 14.9 Å². The number of hydrogen-bond donors (Lipinski definition) is 3. The van der Waals surface area contributed by atoms with Crippen molar-refractivity contribution in [3.05, 3.63) is 39.8 Å². The standard InChI is InChI=1S/C11H11N3O5S2/c15-10-2-1-8(14(16)17)5-9(10)13-11(20)12-7-3-4-21(18,19)6-7/h1-5,7,15H,6H2,(H2,12,13,20). The molecule has 0 amide bonds. The summed E-state index contributed by atoms with van der Waals surface area (Å²) in [6.45, 7) is 0. The molecule has 0 saturated heterocycles. The van der Waals surface area contributed by atoms with E-state index in [9.17, 15) is 23.6 Å². The Hall–Kier alpha value is -2.20. The lowest BCUT2D eigenvalue weighted by Crippen LogP contribution is -2.38. The third-order valence-electron chi connectivity index (χ3n) is 2.69. The van der Waals surface area contributed by atoms with Crippen LogP contribution in [-0.4, -0.2) is 35.4 Å². The number of nitrogens with one attached hydrogen (secondary N) is 2. The summed E-state index contributed by atoms with van der Waals surface area (Å²) in [5.74, 6) is -0.324. The zero-order valence-corrected chi connectivity index (χ0v) is 12.1. The maximum absolute atomic E-state index is 11.2. The van der Waals surface area contributed by atoms with Crippen LogP contribution in [0.2, 0.25) is 0 Å². The Morgan fingerprint density at radius 3 is 2.76 bits per heavy atom. The predicted molar refractivity (Wildman–Crippen MR) is 80.8 cm³/mol. The summed E-state index contributed by atoms with van der Waals surface area (Å²) >= 11 is 4.98. The fourth-order valence-corrected chi connectivity index (χ4v) is 3.23. The molecule has 112 valence electrons. The Morgan fingerprint density at radius 2 is 2.19 bits per heavy atom. The monoisotopic (exact) mass is 329 g/mol. The highest BCUT2D eigenvalue weighted by Gasteiger charge is 2.22. The van der Waals surface area contributed by atoms with E-state index < -0.39 is 20.8 Å². The van der Waals surface area contributed by atoms with Gasteiger partial charge in [-0.25, -0.2) is 8.42 Å². The summed E-state index contributed by atoms with van der Waals surface area (Å²) in [6, 6.07) is 2.98. The summed E-state index contributed by atoms with van der Waals surface area (Å²) in [6.07, 6.45) is 1.45. The van der Waals surface area contributed by atoms with Crippen molar-refractivity contribution >= 4 is 38.5 Å². The predicted octanol–water partition coefficient (Wildman–Crippen LogP) is 0.897. The van der Waals surface area contributed by atoms with Crippen molar-refractivity contribution in [2.24, 2.45) is 0 Å². The van der Waals surface area contributed by atoms with Crippen molar-refractivity contribution in [1.82, 2.24) is 5.32 Å². The summed E-state index contributed by atoms with van der Waals surface area (Å²) in [7, 11) is -3.21. The van der Waals surface area contributed by atoms with Crippen molar-refractivity contribution < 1.29 is 18.4 Å². The number of nitro benzene ring substituents is 1. The van der Waals surface area contributed by atoms with Gasteiger partial charge in [0.25, 0.3) is 5.69 Å². The number of rotatable bonds is 3. The van der Waals surface area contributed by atoms with E-state index in [0.29, 0.717) is 0 Å². The molecule has 1 aliphatic heterocycles. The zero-order valence-electron chi connectivity index (χ0n) is 10.5. The number of hydrogen-bond acceptors (Lipinski definition) is 6. The van der Waals surface area contributed by atoms with Gasteiger partial charge in [0.2, 0.25) is 0 Å². The van der Waals surface area contributed by atoms with E-state index in [-0.39, 0.29) is 28.0 Å². The molecule has 0 radical (unpaired) electrons. The van der Waals surface area contributed by atoms with Crippen molar-refractivity contribution in [3.8, 4) is 5.75 Å². The number of sulfone groups is 1. The van der Waals surface area contributed by atoms with Crippen LogP contribution in [0.4, 0.5) is 11.4 Å². The van der Waals surface area contributed by atoms with E-state index in [4.69, 9.17) is 12.2 Å². The molecule has 0 saturated carbocycles. The van der Waals surface area contributed by atoms with Crippen molar-refractivity contribution in [3.63, 3.8) is 0 Å². The van der Waals surface area contributed by atoms with Gasteiger partial charge in [-0.1, -0.05) is 0 Å². The number of aromatic hydroxyl groups is 1. The van der Waals surface area contributed by atoms with Gasteiger partial charge in [0.05, 0.1) is 22.4 Å². The molecule has 21 heavy (non-hydrogen) atoms. The fourth-order valence-electron chi connectivity index (χ4n) is 1.73. The molecule has 1 aromatic rings. The average Bonchev–Trinajstić information content (AvgIpc) is 2.71. The second-order valence-electron chi connectivity index (χ2n) is 4.32. The van der Waals surface area contributed by atoms with E-state index in [1.54, 1.807) is 0 Å². The molecule has 1 atom stereocenters. The summed E-state index contributed by atoms with van der Waals surface area (Å²) < 4.78 is 22.5. The van der Waals surface area contributed by atoms with E-state index in [0.717, 1.165) is 17.5 Å². The van der Waals surface area contributed by atoms with Crippen LogP contribution in [0, 0.1) is 10.1 Å². The quantitative estimate of drug-likeness (QED) is 0.324. The van der Waals surface area contributed by atoms with Crippen LogP contribution in [0.25, 0.3) is 0 Å². The van der Waals surface area contributed by atoms with E-state index in [1.807, 2.05) is 0 Å². The Labute approximate surface area is 125 Å². The molecular weight excluding hydrogens is 318 g/mol. The molecule has 3 N–H and O–H groups in total. The third-order valence-corrected chi connectivity index (χ3v) is 4.30. The molecule has 1 heterocycles. The smallest absolute Gasteiger partial charge is 0.271 e. The van der Waals surface area contributed by atoms with Gasteiger partial charge in [-0.2, -0.15) is 0 Å². The van der Waals surface area contributed by atoms with Crippen LogP contribution in [-0.2, 0) is 9.84 Å². The summed E-state index contributed by atoms with van der Waals surface area (Å²) in [5, 5.41) is 26.8. The van der Waals surface area contributed by atoms with Gasteiger partial charge in [0, 0.05) is 17.5 Å². The Bertz CT molecular complexity index is 729. The number of anilines is 1.